The van der Waals surface area contributed by atoms with E-state index in [1.165, 1.54) is 43.3 Å². The van der Waals surface area contributed by atoms with Crippen LogP contribution < -0.4 is 115 Å². The van der Waals surface area contributed by atoms with Gasteiger partial charge in [0, 0.05) is 16.9 Å². The van der Waals surface area contributed by atoms with E-state index in [-0.39, 0.29) is 139 Å². The van der Waals surface area contributed by atoms with Crippen LogP contribution >= 0.6 is 0 Å². The molecule has 6 N–H and O–H groups in total. The zero-order chi connectivity index (χ0) is 50.3. The Morgan fingerprint density at radius 2 is 1.01 bits per heavy atom. The minimum absolute atomic E-state index is 0. The van der Waals surface area contributed by atoms with Crippen molar-refractivity contribution in [3.05, 3.63) is 139 Å². The van der Waals surface area contributed by atoms with Gasteiger partial charge in [-0.25, -0.2) is 4.99 Å². The molecule has 0 bridgehead atoms. The number of hydrogen-bond acceptors (Lipinski definition) is 15. The summed E-state index contributed by atoms with van der Waals surface area (Å²) in [5.74, 6) is -1.80. The van der Waals surface area contributed by atoms with Crippen LogP contribution in [0.4, 0.5) is 45.5 Å². The summed E-state index contributed by atoms with van der Waals surface area (Å²) in [7, 11) is -15.1. The van der Waals surface area contributed by atoms with Gasteiger partial charge in [-0.3, -0.25) is 13.7 Å². The molecule has 0 amide bonds. The third kappa shape index (κ3) is 13.5. The van der Waals surface area contributed by atoms with Gasteiger partial charge in [0.05, 0.1) is 45.0 Å². The summed E-state index contributed by atoms with van der Waals surface area (Å²) >= 11 is 0. The van der Waals surface area contributed by atoms with Crippen molar-refractivity contribution in [2.75, 3.05) is 10.6 Å². The normalized spacial score (nSPS) is 12.5. The predicted molar refractivity (Wildman–Crippen MR) is 255 cm³/mol. The second kappa shape index (κ2) is 23.4. The predicted octanol–water partition coefficient (Wildman–Crippen LogP) is -0.389. The second-order valence-electron chi connectivity index (χ2n) is 15.3. The maximum absolute atomic E-state index is 13.6. The number of fused-ring (bicyclic) bond motifs is 3. The molecule has 0 saturated heterocycles. The molecule has 0 unspecified atom stereocenters. The number of anilines is 2. The van der Waals surface area contributed by atoms with E-state index in [0.717, 1.165) is 35.0 Å². The van der Waals surface area contributed by atoms with E-state index in [1.54, 1.807) is 49.4 Å². The number of amidine groups is 2. The molecular weight excluding hydrogens is 1040 g/mol. The molecule has 0 spiro atoms. The van der Waals surface area contributed by atoms with E-state index < -0.39 is 80.0 Å². The molecule has 0 atom stereocenters. The average molecular weight is 1070 g/mol. The maximum atomic E-state index is 13.6. The van der Waals surface area contributed by atoms with Crippen LogP contribution in [0.2, 0.25) is 0 Å². The standard InChI is InChI=1S/C46H36N8O13S3.3Na/c1-24-7-3-6-10-36(24)52-54-42-40(70(65,66)67)21-29-19-31(14-16-35(29)44(42)56)48-46(58)50-38-23-33(68(59,60)61)22-37(25(38)2)49-45(57)47-30-13-15-34-28(18-30)20-39(69(62,63)64)41(43(34)55)53-51-32-12-11-26-8-4-5-9-27(26)17-32;;;/h3-23,55-56H,1-2H3,(H2,47,49,57)(H2,48,50,58)(H,59,60,61)(H,62,63,64)(H,65,66,67);;;/q;3*+1/p-3. The number of rotatable bonds is 11. The Kier molecular flexibility index (Phi) is 18.8. The van der Waals surface area contributed by atoms with Gasteiger partial charge in [0.2, 0.25) is 0 Å². The Bertz CT molecular complexity index is 3980. The van der Waals surface area contributed by atoms with E-state index in [2.05, 4.69) is 41.1 Å². The first-order valence-corrected chi connectivity index (χ1v) is 24.4. The molecule has 0 heterocycles. The fourth-order valence-electron chi connectivity index (χ4n) is 7.11. The second-order valence-corrected chi connectivity index (χ2v) is 19.5. The Balaban J connectivity index is 0.00000329. The van der Waals surface area contributed by atoms with E-state index >= 15 is 0 Å². The number of aliphatic hydroxyl groups is 1. The average Bonchev–Trinajstić information content (AvgIpc) is 3.28. The van der Waals surface area contributed by atoms with E-state index in [1.807, 2.05) is 24.3 Å². The number of nitrogens with zero attached hydrogens (tertiary/aromatic N) is 6. The number of aliphatic imine (C=N–C) groups is 2. The topological polar surface area (TPSA) is 351 Å². The molecule has 8 aromatic carbocycles. The summed E-state index contributed by atoms with van der Waals surface area (Å²) in [4.78, 5) is 5.39. The minimum atomic E-state index is -5.05. The van der Waals surface area contributed by atoms with Crippen molar-refractivity contribution in [2.45, 2.75) is 28.5 Å². The summed E-state index contributed by atoms with van der Waals surface area (Å²) in [6, 6.07) is 28.2. The maximum Gasteiger partial charge on any atom is 1.00 e. The van der Waals surface area contributed by atoms with Crippen LogP contribution in [0.25, 0.3) is 32.3 Å². The van der Waals surface area contributed by atoms with Gasteiger partial charge < -0.3 is 31.1 Å². The van der Waals surface area contributed by atoms with Gasteiger partial charge in [-0.05, 0) is 118 Å². The molecule has 0 aliphatic rings. The van der Waals surface area contributed by atoms with E-state index in [9.17, 15) is 59.3 Å². The number of azo groups is 2. The van der Waals surface area contributed by atoms with Crippen LogP contribution in [0.3, 0.4) is 0 Å². The Morgan fingerprint density at radius 1 is 0.507 bits per heavy atom. The van der Waals surface area contributed by atoms with Crippen LogP contribution in [0.1, 0.15) is 11.1 Å². The first kappa shape index (κ1) is 58.5. The summed E-state index contributed by atoms with van der Waals surface area (Å²) < 4.78 is 104. The van der Waals surface area contributed by atoms with Crippen LogP contribution in [0, 0.1) is 13.8 Å². The van der Waals surface area contributed by atoms with Crippen molar-refractivity contribution in [3.8, 4) is 11.5 Å². The fraction of sp³-hybridized carbons (Fsp3) is 0.0435. The molecule has 8 rings (SSSR count). The Hall–Kier alpha value is -5.39. The monoisotopic (exact) mass is 1070 g/mol. The Morgan fingerprint density at radius 3 is 1.56 bits per heavy atom. The number of hydrogen-bond donors (Lipinski definition) is 6. The van der Waals surface area contributed by atoms with Crippen LogP contribution in [0.5, 0.6) is 11.5 Å². The molecule has 21 nitrogen and oxygen atoms in total. The zero-order valence-electron chi connectivity index (χ0n) is 39.0. The molecule has 73 heavy (non-hydrogen) atoms. The van der Waals surface area contributed by atoms with Gasteiger partial charge in [-0.15, -0.1) is 10.2 Å². The van der Waals surface area contributed by atoms with Gasteiger partial charge >= 0.3 is 88.7 Å². The van der Waals surface area contributed by atoms with Crippen LogP contribution in [0.15, 0.2) is 173 Å². The van der Waals surface area contributed by atoms with Crippen LogP contribution in [-0.2, 0) is 30.4 Å². The number of aliphatic hydroxyl groups excluding tert-OH is 1. The van der Waals surface area contributed by atoms with Gasteiger partial charge in [-0.2, -0.15) is 40.5 Å². The van der Waals surface area contributed by atoms with Crippen LogP contribution in [-0.4, -0.2) is 56.1 Å². The van der Waals surface area contributed by atoms with Gasteiger partial charge in [0.25, 0.3) is 36.4 Å². The number of nitrogens with one attached hydrogen (secondary N) is 2. The van der Waals surface area contributed by atoms with Crippen molar-refractivity contribution >= 4 is 120 Å². The molecule has 27 heteroatoms. The molecule has 0 radical (unpaired) electrons. The smallest absolute Gasteiger partial charge is 0.871 e. The number of benzene rings is 8. The van der Waals surface area contributed by atoms with Crippen molar-refractivity contribution in [1.82, 2.24) is 0 Å². The molecular formula is C46H33N8Na3O13S3. The molecule has 356 valence electrons. The van der Waals surface area contributed by atoms with Crippen molar-refractivity contribution in [1.29, 1.82) is 0 Å². The van der Waals surface area contributed by atoms with Crippen molar-refractivity contribution in [2.24, 2.45) is 30.4 Å². The SMILES string of the molecule is Cc1ccccc1N=Nc1c(S(=O)(=O)O)cc2cc(NC(O)=Nc3cc(S(=O)(=O)O)cc(N=C([O-])Nc4ccc5c([O-])c(N=Nc6ccc7ccccc7c6)c(S(=O)(=O)O)cc5c4)c3C)ccc2c1[O-].[Na+].[Na+].[Na+]. The van der Waals surface area contributed by atoms with Gasteiger partial charge in [0.1, 0.15) is 9.79 Å². The van der Waals surface area contributed by atoms with Gasteiger partial charge in [0.15, 0.2) is 0 Å². The van der Waals surface area contributed by atoms with E-state index in [0.29, 0.717) is 16.9 Å². The summed E-state index contributed by atoms with van der Waals surface area (Å²) in [5, 5.41) is 73.5. The first-order valence-electron chi connectivity index (χ1n) is 20.1. The molecule has 0 fully saturated rings. The quantitative estimate of drug-likeness (QED) is 0.0316. The molecule has 0 aliphatic carbocycles. The largest absolute Gasteiger partial charge is 1.00 e. The third-order valence-corrected chi connectivity index (χ3v) is 13.1. The Labute approximate surface area is 482 Å². The zero-order valence-corrected chi connectivity index (χ0v) is 47.4. The molecule has 0 aromatic heterocycles. The summed E-state index contributed by atoms with van der Waals surface area (Å²) in [6.45, 7) is 3.07. The first-order chi connectivity index (χ1) is 33.0. The minimum Gasteiger partial charge on any atom is -0.871 e. The fourth-order valence-corrected chi connectivity index (χ4v) is 8.94. The van der Waals surface area contributed by atoms with Crippen molar-refractivity contribution in [3.63, 3.8) is 0 Å². The summed E-state index contributed by atoms with van der Waals surface area (Å²) in [5.41, 5.74) is -0.722. The molecule has 8 aromatic rings. The van der Waals surface area contributed by atoms with Crippen molar-refractivity contribution < 1.29 is 148 Å². The molecule has 0 aliphatic heterocycles. The third-order valence-electron chi connectivity index (χ3n) is 10.6. The van der Waals surface area contributed by atoms with Gasteiger partial charge in [-0.1, -0.05) is 72.2 Å². The number of aryl methyl sites for hydroxylation is 1. The molecule has 0 saturated carbocycles. The van der Waals surface area contributed by atoms with E-state index in [4.69, 9.17) is 0 Å². The summed E-state index contributed by atoms with van der Waals surface area (Å²) in [6.07, 6.45) is 0.